The van der Waals surface area contributed by atoms with E-state index in [0.29, 0.717) is 13.0 Å². The fraction of sp³-hybridized carbons (Fsp3) is 0.211. The lowest BCUT2D eigenvalue weighted by molar-refractivity contribution is -0.121. The number of amides is 1. The minimum Gasteiger partial charge on any atom is -0.345 e. The molecule has 1 amide bonds. The second kappa shape index (κ2) is 7.55. The van der Waals surface area contributed by atoms with Gasteiger partial charge in [0, 0.05) is 6.42 Å². The molecular weight excluding hydrogens is 300 g/mol. The molecule has 0 bridgehead atoms. The molecule has 0 saturated carbocycles. The Hall–Kier alpha value is -2.95. The van der Waals surface area contributed by atoms with Gasteiger partial charge >= 0.3 is 0 Å². The molecule has 0 aliphatic heterocycles. The third-order valence-electron chi connectivity index (χ3n) is 3.88. The molecule has 1 N–H and O–H groups in total. The molecule has 5 nitrogen and oxygen atoms in total. The maximum atomic E-state index is 12.4. The summed E-state index contributed by atoms with van der Waals surface area (Å²) in [7, 11) is 0. The van der Waals surface area contributed by atoms with Crippen LogP contribution in [0.5, 0.6) is 0 Å². The van der Waals surface area contributed by atoms with E-state index in [-0.39, 0.29) is 11.9 Å². The van der Waals surface area contributed by atoms with E-state index in [2.05, 4.69) is 46.6 Å². The highest BCUT2D eigenvalue weighted by atomic mass is 16.1. The van der Waals surface area contributed by atoms with Gasteiger partial charge in [-0.25, -0.2) is 4.98 Å². The van der Waals surface area contributed by atoms with Crippen LogP contribution in [0.15, 0.2) is 67.3 Å². The number of aromatic nitrogens is 3. The molecule has 122 valence electrons. The normalized spacial score (nSPS) is 11.9. The van der Waals surface area contributed by atoms with Gasteiger partial charge in [0.05, 0.1) is 12.6 Å². The van der Waals surface area contributed by atoms with Crippen molar-refractivity contribution in [2.45, 2.75) is 25.9 Å². The SMILES string of the molecule is Cc1ccc([C@H](NC(=O)CCn2cncn2)c2ccccc2)cc1. The summed E-state index contributed by atoms with van der Waals surface area (Å²) in [6.07, 6.45) is 3.44. The quantitative estimate of drug-likeness (QED) is 0.760. The zero-order valence-corrected chi connectivity index (χ0v) is 13.6. The van der Waals surface area contributed by atoms with E-state index in [1.54, 1.807) is 11.0 Å². The third kappa shape index (κ3) is 4.07. The molecule has 0 unspecified atom stereocenters. The highest BCUT2D eigenvalue weighted by molar-refractivity contribution is 5.76. The summed E-state index contributed by atoms with van der Waals surface area (Å²) in [4.78, 5) is 16.3. The molecule has 1 heterocycles. The van der Waals surface area contributed by atoms with Gasteiger partial charge in [0.2, 0.25) is 5.91 Å². The average molecular weight is 320 g/mol. The standard InChI is InChI=1S/C19H20N4O/c1-15-7-9-17(10-8-15)19(16-5-3-2-4-6-16)22-18(24)11-12-23-14-20-13-21-23/h2-10,13-14,19H,11-12H2,1H3,(H,22,24)/t19-/m1/s1. The lowest BCUT2D eigenvalue weighted by atomic mass is 9.97. The van der Waals surface area contributed by atoms with Crippen molar-refractivity contribution >= 4 is 5.91 Å². The van der Waals surface area contributed by atoms with Crippen LogP contribution in [-0.4, -0.2) is 20.7 Å². The minimum absolute atomic E-state index is 0.0140. The predicted molar refractivity (Wildman–Crippen MR) is 92.2 cm³/mol. The Balaban J connectivity index is 1.74. The summed E-state index contributed by atoms with van der Waals surface area (Å²) >= 11 is 0. The van der Waals surface area contributed by atoms with Gasteiger partial charge in [0.15, 0.2) is 0 Å². The number of aryl methyl sites for hydroxylation is 2. The van der Waals surface area contributed by atoms with Crippen molar-refractivity contribution in [3.8, 4) is 0 Å². The van der Waals surface area contributed by atoms with E-state index >= 15 is 0 Å². The molecule has 0 radical (unpaired) electrons. The van der Waals surface area contributed by atoms with E-state index in [0.717, 1.165) is 11.1 Å². The summed E-state index contributed by atoms with van der Waals surface area (Å²) < 4.78 is 1.66. The van der Waals surface area contributed by atoms with Crippen molar-refractivity contribution in [2.75, 3.05) is 0 Å². The summed E-state index contributed by atoms with van der Waals surface area (Å²) in [6.45, 7) is 2.57. The molecule has 2 aromatic carbocycles. The fourth-order valence-corrected chi connectivity index (χ4v) is 2.56. The Labute approximate surface area is 141 Å². The topological polar surface area (TPSA) is 59.8 Å². The first-order chi connectivity index (χ1) is 11.7. The molecule has 0 spiro atoms. The number of nitrogens with one attached hydrogen (secondary N) is 1. The van der Waals surface area contributed by atoms with Crippen LogP contribution < -0.4 is 5.32 Å². The van der Waals surface area contributed by atoms with Crippen molar-refractivity contribution in [1.82, 2.24) is 20.1 Å². The first-order valence-corrected chi connectivity index (χ1v) is 7.95. The van der Waals surface area contributed by atoms with Crippen LogP contribution in [0.4, 0.5) is 0 Å². The lowest BCUT2D eigenvalue weighted by Crippen LogP contribution is -2.30. The molecule has 3 aromatic rings. The molecular formula is C19H20N4O. The minimum atomic E-state index is -0.157. The van der Waals surface area contributed by atoms with Crippen LogP contribution in [0.2, 0.25) is 0 Å². The van der Waals surface area contributed by atoms with Crippen LogP contribution in [0.1, 0.15) is 29.2 Å². The van der Waals surface area contributed by atoms with E-state index < -0.39 is 0 Å². The van der Waals surface area contributed by atoms with Crippen molar-refractivity contribution < 1.29 is 4.79 Å². The molecule has 0 aliphatic carbocycles. The Bertz CT molecular complexity index is 767. The van der Waals surface area contributed by atoms with Gasteiger partial charge in [-0.2, -0.15) is 5.10 Å². The van der Waals surface area contributed by atoms with Crippen molar-refractivity contribution in [2.24, 2.45) is 0 Å². The number of benzene rings is 2. The van der Waals surface area contributed by atoms with E-state index in [1.807, 2.05) is 30.3 Å². The third-order valence-corrected chi connectivity index (χ3v) is 3.88. The first-order valence-electron chi connectivity index (χ1n) is 7.95. The largest absolute Gasteiger partial charge is 0.345 e. The van der Waals surface area contributed by atoms with Gasteiger partial charge in [0.25, 0.3) is 0 Å². The van der Waals surface area contributed by atoms with Gasteiger partial charge in [-0.1, -0.05) is 60.2 Å². The second-order valence-corrected chi connectivity index (χ2v) is 5.73. The van der Waals surface area contributed by atoms with Crippen LogP contribution in [-0.2, 0) is 11.3 Å². The molecule has 0 fully saturated rings. The number of rotatable bonds is 6. The lowest BCUT2D eigenvalue weighted by Gasteiger charge is -2.20. The summed E-state index contributed by atoms with van der Waals surface area (Å²) in [5, 5.41) is 7.15. The first kappa shape index (κ1) is 15.9. The fourth-order valence-electron chi connectivity index (χ4n) is 2.56. The van der Waals surface area contributed by atoms with E-state index in [9.17, 15) is 4.79 Å². The van der Waals surface area contributed by atoms with Gasteiger partial charge in [-0.15, -0.1) is 0 Å². The van der Waals surface area contributed by atoms with E-state index in [1.165, 1.54) is 11.9 Å². The van der Waals surface area contributed by atoms with Crippen LogP contribution in [0.3, 0.4) is 0 Å². The molecule has 1 atom stereocenters. The molecule has 5 heteroatoms. The van der Waals surface area contributed by atoms with Crippen molar-refractivity contribution in [3.05, 3.63) is 83.9 Å². The molecule has 0 aliphatic rings. The molecule has 0 saturated heterocycles. The van der Waals surface area contributed by atoms with Gasteiger partial charge in [0.1, 0.15) is 12.7 Å². The Morgan fingerprint density at radius 2 is 1.79 bits per heavy atom. The summed E-state index contributed by atoms with van der Waals surface area (Å²) in [6, 6.07) is 18.1. The monoisotopic (exact) mass is 320 g/mol. The predicted octanol–water partition coefficient (Wildman–Crippen LogP) is 2.88. The zero-order valence-electron chi connectivity index (χ0n) is 13.6. The Kier molecular flexibility index (Phi) is 5.01. The van der Waals surface area contributed by atoms with Crippen LogP contribution in [0, 0.1) is 6.92 Å². The van der Waals surface area contributed by atoms with Gasteiger partial charge < -0.3 is 5.32 Å². The maximum Gasteiger partial charge on any atom is 0.222 e. The van der Waals surface area contributed by atoms with Crippen LogP contribution in [0.25, 0.3) is 0 Å². The van der Waals surface area contributed by atoms with Crippen molar-refractivity contribution in [1.29, 1.82) is 0 Å². The molecule has 3 rings (SSSR count). The smallest absolute Gasteiger partial charge is 0.222 e. The second-order valence-electron chi connectivity index (χ2n) is 5.73. The maximum absolute atomic E-state index is 12.4. The zero-order chi connectivity index (χ0) is 16.8. The Morgan fingerprint density at radius 3 is 2.46 bits per heavy atom. The van der Waals surface area contributed by atoms with Gasteiger partial charge in [-0.3, -0.25) is 9.48 Å². The number of nitrogens with zero attached hydrogens (tertiary/aromatic N) is 3. The Morgan fingerprint density at radius 1 is 1.08 bits per heavy atom. The van der Waals surface area contributed by atoms with Gasteiger partial charge in [-0.05, 0) is 18.1 Å². The number of carbonyl (C=O) groups excluding carboxylic acids is 1. The summed E-state index contributed by atoms with van der Waals surface area (Å²) in [5.41, 5.74) is 3.33. The van der Waals surface area contributed by atoms with Crippen molar-refractivity contribution in [3.63, 3.8) is 0 Å². The summed E-state index contributed by atoms with van der Waals surface area (Å²) in [5.74, 6) is -0.0140. The average Bonchev–Trinajstić information content (AvgIpc) is 3.13. The number of carbonyl (C=O) groups is 1. The number of hydrogen-bond donors (Lipinski definition) is 1. The molecule has 24 heavy (non-hydrogen) atoms. The molecule has 1 aromatic heterocycles. The van der Waals surface area contributed by atoms with Crippen LogP contribution >= 0.6 is 0 Å². The highest BCUT2D eigenvalue weighted by Crippen LogP contribution is 2.22. The number of hydrogen-bond acceptors (Lipinski definition) is 3. The van der Waals surface area contributed by atoms with E-state index in [4.69, 9.17) is 0 Å². The highest BCUT2D eigenvalue weighted by Gasteiger charge is 2.16.